The molecular formula is C27H19N. The molecule has 4 aromatic carbocycles. The van der Waals surface area contributed by atoms with Crippen LogP contribution in [0.1, 0.15) is 0 Å². The van der Waals surface area contributed by atoms with Crippen LogP contribution in [0, 0.1) is 0 Å². The quantitative estimate of drug-likeness (QED) is 0.332. The van der Waals surface area contributed by atoms with E-state index in [0.717, 1.165) is 22.5 Å². The van der Waals surface area contributed by atoms with Crippen LogP contribution in [-0.2, 0) is 0 Å². The maximum Gasteiger partial charge on any atom is 0.0721 e. The summed E-state index contributed by atoms with van der Waals surface area (Å²) < 4.78 is 0. The molecule has 0 N–H and O–H groups in total. The number of benzene rings is 4. The lowest BCUT2D eigenvalue weighted by atomic mass is 9.97. The minimum absolute atomic E-state index is 0.991. The number of pyridine rings is 1. The van der Waals surface area contributed by atoms with Gasteiger partial charge in [0.1, 0.15) is 0 Å². The van der Waals surface area contributed by atoms with E-state index in [1.165, 1.54) is 21.9 Å². The van der Waals surface area contributed by atoms with Crippen molar-refractivity contribution in [3.63, 3.8) is 0 Å². The Bertz CT molecular complexity index is 1180. The average molecular weight is 357 g/mol. The molecule has 1 nitrogen and oxygen atoms in total. The molecule has 0 saturated heterocycles. The maximum absolute atomic E-state index is 5.05. The first kappa shape index (κ1) is 16.5. The van der Waals surface area contributed by atoms with Gasteiger partial charge in [-0.1, -0.05) is 103 Å². The van der Waals surface area contributed by atoms with Crippen molar-refractivity contribution in [3.8, 4) is 33.6 Å². The number of fused-ring (bicyclic) bond motifs is 1. The van der Waals surface area contributed by atoms with Crippen molar-refractivity contribution in [1.29, 1.82) is 0 Å². The molecule has 0 aliphatic heterocycles. The van der Waals surface area contributed by atoms with Crippen molar-refractivity contribution in [3.05, 3.63) is 115 Å². The highest BCUT2D eigenvalue weighted by atomic mass is 14.7. The predicted octanol–water partition coefficient (Wildman–Crippen LogP) is 7.24. The first-order valence-electron chi connectivity index (χ1n) is 9.49. The fourth-order valence-electron chi connectivity index (χ4n) is 3.67. The number of hydrogen-bond donors (Lipinski definition) is 0. The molecular weight excluding hydrogens is 338 g/mol. The van der Waals surface area contributed by atoms with E-state index in [0.29, 0.717) is 0 Å². The molecule has 132 valence electrons. The van der Waals surface area contributed by atoms with Crippen LogP contribution in [0.15, 0.2) is 115 Å². The van der Waals surface area contributed by atoms with Crippen LogP contribution in [0.5, 0.6) is 0 Å². The van der Waals surface area contributed by atoms with E-state index in [4.69, 9.17) is 4.98 Å². The van der Waals surface area contributed by atoms with Crippen LogP contribution >= 0.6 is 0 Å². The third kappa shape index (κ3) is 3.08. The van der Waals surface area contributed by atoms with Crippen molar-refractivity contribution in [2.75, 3.05) is 0 Å². The van der Waals surface area contributed by atoms with Crippen LogP contribution in [0.4, 0.5) is 0 Å². The first-order chi connectivity index (χ1) is 13.9. The van der Waals surface area contributed by atoms with Gasteiger partial charge in [-0.05, 0) is 34.0 Å². The summed E-state index contributed by atoms with van der Waals surface area (Å²) in [5.74, 6) is 0. The third-order valence-corrected chi connectivity index (χ3v) is 5.07. The summed E-state index contributed by atoms with van der Waals surface area (Å²) >= 11 is 0. The number of aromatic nitrogens is 1. The Hall–Kier alpha value is -3.71. The van der Waals surface area contributed by atoms with E-state index in [-0.39, 0.29) is 0 Å². The molecule has 0 radical (unpaired) electrons. The van der Waals surface area contributed by atoms with Crippen molar-refractivity contribution < 1.29 is 0 Å². The van der Waals surface area contributed by atoms with Gasteiger partial charge in [0.05, 0.1) is 11.4 Å². The standard InChI is InChI=1S/C27H19N/c1-3-10-20(11-4-1)23-18-26(22-13-5-2-6-14-22)28-27(19-23)25-17-9-15-21-12-7-8-16-24(21)25/h1-19H. The average Bonchev–Trinajstić information content (AvgIpc) is 2.79. The van der Waals surface area contributed by atoms with Crippen LogP contribution in [0.2, 0.25) is 0 Å². The summed E-state index contributed by atoms with van der Waals surface area (Å²) in [5.41, 5.74) is 6.65. The Kier molecular flexibility index (Phi) is 4.19. The topological polar surface area (TPSA) is 12.9 Å². The van der Waals surface area contributed by atoms with Gasteiger partial charge >= 0.3 is 0 Å². The van der Waals surface area contributed by atoms with E-state index < -0.39 is 0 Å². The molecule has 0 saturated carbocycles. The normalized spacial score (nSPS) is 10.9. The number of nitrogens with zero attached hydrogens (tertiary/aromatic N) is 1. The zero-order chi connectivity index (χ0) is 18.8. The summed E-state index contributed by atoms with van der Waals surface area (Å²) in [6, 6.07) is 40.2. The Balaban J connectivity index is 1.78. The van der Waals surface area contributed by atoms with Gasteiger partial charge in [0.2, 0.25) is 0 Å². The molecule has 0 unspecified atom stereocenters. The van der Waals surface area contributed by atoms with E-state index >= 15 is 0 Å². The molecule has 28 heavy (non-hydrogen) atoms. The van der Waals surface area contributed by atoms with Gasteiger partial charge < -0.3 is 0 Å². The molecule has 0 fully saturated rings. The van der Waals surface area contributed by atoms with Gasteiger partial charge in [-0.2, -0.15) is 0 Å². The molecule has 0 aliphatic rings. The van der Waals surface area contributed by atoms with Gasteiger partial charge in [-0.15, -0.1) is 0 Å². The minimum atomic E-state index is 0.991. The van der Waals surface area contributed by atoms with Crippen molar-refractivity contribution in [2.45, 2.75) is 0 Å². The lowest BCUT2D eigenvalue weighted by molar-refractivity contribution is 1.33. The van der Waals surface area contributed by atoms with E-state index in [1.807, 2.05) is 6.07 Å². The molecule has 0 amide bonds. The van der Waals surface area contributed by atoms with E-state index in [1.54, 1.807) is 0 Å². The summed E-state index contributed by atoms with van der Waals surface area (Å²) in [4.78, 5) is 5.05. The molecule has 1 heteroatoms. The molecule has 1 aromatic heterocycles. The van der Waals surface area contributed by atoms with E-state index in [9.17, 15) is 0 Å². The smallest absolute Gasteiger partial charge is 0.0721 e. The van der Waals surface area contributed by atoms with Crippen LogP contribution < -0.4 is 0 Å². The molecule has 5 aromatic rings. The van der Waals surface area contributed by atoms with Gasteiger partial charge in [0.15, 0.2) is 0 Å². The van der Waals surface area contributed by atoms with Crippen molar-refractivity contribution in [1.82, 2.24) is 4.98 Å². The molecule has 0 bridgehead atoms. The van der Waals surface area contributed by atoms with Gasteiger partial charge in [-0.25, -0.2) is 4.98 Å². The molecule has 5 rings (SSSR count). The number of hydrogen-bond acceptors (Lipinski definition) is 1. The zero-order valence-electron chi connectivity index (χ0n) is 15.4. The lowest BCUT2D eigenvalue weighted by Gasteiger charge is -2.12. The zero-order valence-corrected chi connectivity index (χ0v) is 15.4. The fraction of sp³-hybridized carbons (Fsp3) is 0. The highest BCUT2D eigenvalue weighted by molar-refractivity contribution is 5.96. The first-order valence-corrected chi connectivity index (χ1v) is 9.49. The minimum Gasteiger partial charge on any atom is -0.248 e. The highest BCUT2D eigenvalue weighted by Crippen LogP contribution is 2.33. The molecule has 0 aliphatic carbocycles. The van der Waals surface area contributed by atoms with Crippen LogP contribution in [-0.4, -0.2) is 4.98 Å². The van der Waals surface area contributed by atoms with Gasteiger partial charge in [0, 0.05) is 11.1 Å². The second-order valence-electron chi connectivity index (χ2n) is 6.89. The monoisotopic (exact) mass is 357 g/mol. The van der Waals surface area contributed by atoms with Crippen LogP contribution in [0.3, 0.4) is 0 Å². The summed E-state index contributed by atoms with van der Waals surface area (Å²) in [5, 5.41) is 2.45. The largest absolute Gasteiger partial charge is 0.248 e. The lowest BCUT2D eigenvalue weighted by Crippen LogP contribution is -1.92. The molecule has 0 spiro atoms. The second kappa shape index (κ2) is 7.13. The van der Waals surface area contributed by atoms with Gasteiger partial charge in [0.25, 0.3) is 0 Å². The Morgan fingerprint density at radius 2 is 1.04 bits per heavy atom. The predicted molar refractivity (Wildman–Crippen MR) is 118 cm³/mol. The van der Waals surface area contributed by atoms with E-state index in [2.05, 4.69) is 109 Å². The Labute approximate surface area is 165 Å². The Morgan fingerprint density at radius 3 is 1.82 bits per heavy atom. The fourth-order valence-corrected chi connectivity index (χ4v) is 3.67. The van der Waals surface area contributed by atoms with Gasteiger partial charge in [-0.3, -0.25) is 0 Å². The van der Waals surface area contributed by atoms with Crippen molar-refractivity contribution >= 4 is 10.8 Å². The highest BCUT2D eigenvalue weighted by Gasteiger charge is 2.10. The summed E-state index contributed by atoms with van der Waals surface area (Å²) in [6.45, 7) is 0. The Morgan fingerprint density at radius 1 is 0.429 bits per heavy atom. The van der Waals surface area contributed by atoms with Crippen molar-refractivity contribution in [2.24, 2.45) is 0 Å². The third-order valence-electron chi connectivity index (χ3n) is 5.07. The number of rotatable bonds is 3. The maximum atomic E-state index is 5.05. The summed E-state index contributed by atoms with van der Waals surface area (Å²) in [7, 11) is 0. The second-order valence-corrected chi connectivity index (χ2v) is 6.89. The van der Waals surface area contributed by atoms with Crippen LogP contribution in [0.25, 0.3) is 44.4 Å². The molecule has 1 heterocycles. The summed E-state index contributed by atoms with van der Waals surface area (Å²) in [6.07, 6.45) is 0. The molecule has 0 atom stereocenters. The SMILES string of the molecule is c1ccc(-c2cc(-c3ccccc3)nc(-c3cccc4ccccc34)c2)cc1.